The van der Waals surface area contributed by atoms with Gasteiger partial charge in [-0.05, 0) is 36.8 Å². The molecule has 0 amide bonds. The fourth-order valence-corrected chi connectivity index (χ4v) is 2.96. The average molecular weight is 255 g/mol. The fourth-order valence-electron chi connectivity index (χ4n) is 2.96. The lowest BCUT2D eigenvalue weighted by atomic mass is 9.77. The maximum Gasteiger partial charge on any atom is 0.158 e. The van der Waals surface area contributed by atoms with Gasteiger partial charge in [-0.25, -0.2) is 0 Å². The molecule has 1 aromatic carbocycles. The Kier molecular flexibility index (Phi) is 3.49. The molecule has 0 saturated heterocycles. The topological polar surface area (TPSA) is 40.9 Å². The molecule has 1 atom stereocenters. The standard InChI is InChI=1S/C17H21NO/c1-4-13-5-7-14(8-6-13)11-17(12-18)10-9-16(2,3)15(17)19/h5-8H,4,9-11H2,1-3H3. The summed E-state index contributed by atoms with van der Waals surface area (Å²) in [6, 6.07) is 10.6. The number of nitriles is 1. The van der Waals surface area contributed by atoms with Gasteiger partial charge in [0.15, 0.2) is 5.78 Å². The molecule has 0 aliphatic heterocycles. The molecular weight excluding hydrogens is 234 g/mol. The van der Waals surface area contributed by atoms with Gasteiger partial charge in [-0.15, -0.1) is 0 Å². The highest BCUT2D eigenvalue weighted by Crippen LogP contribution is 2.47. The molecule has 1 fully saturated rings. The minimum atomic E-state index is -0.808. The number of hydrogen-bond donors (Lipinski definition) is 0. The third kappa shape index (κ3) is 2.42. The maximum absolute atomic E-state index is 12.5. The number of carbonyl (C=O) groups is 1. The molecule has 0 N–H and O–H groups in total. The predicted octanol–water partition coefficient (Wildman–Crippen LogP) is 3.69. The van der Waals surface area contributed by atoms with Gasteiger partial charge in [0.1, 0.15) is 5.41 Å². The van der Waals surface area contributed by atoms with Crippen LogP contribution in [0.1, 0.15) is 44.7 Å². The smallest absolute Gasteiger partial charge is 0.158 e. The van der Waals surface area contributed by atoms with Crippen molar-refractivity contribution in [2.45, 2.75) is 46.5 Å². The van der Waals surface area contributed by atoms with E-state index < -0.39 is 5.41 Å². The molecule has 2 rings (SSSR count). The van der Waals surface area contributed by atoms with Crippen LogP contribution in [0.3, 0.4) is 0 Å². The zero-order valence-corrected chi connectivity index (χ0v) is 12.0. The van der Waals surface area contributed by atoms with Crippen LogP contribution in [0.15, 0.2) is 24.3 Å². The van der Waals surface area contributed by atoms with Gasteiger partial charge in [-0.1, -0.05) is 45.0 Å². The first-order valence-corrected chi connectivity index (χ1v) is 6.97. The molecule has 0 aromatic heterocycles. The number of nitrogens with zero attached hydrogens (tertiary/aromatic N) is 1. The van der Waals surface area contributed by atoms with E-state index >= 15 is 0 Å². The SMILES string of the molecule is CCc1ccc(CC2(C#N)CCC(C)(C)C2=O)cc1. The lowest BCUT2D eigenvalue weighted by molar-refractivity contribution is -0.130. The van der Waals surface area contributed by atoms with E-state index in [1.54, 1.807) is 0 Å². The van der Waals surface area contributed by atoms with Crippen molar-refractivity contribution in [1.29, 1.82) is 5.26 Å². The molecule has 0 heterocycles. The summed E-state index contributed by atoms with van der Waals surface area (Å²) in [5.74, 6) is 0.113. The molecule has 1 aliphatic rings. The Balaban J connectivity index is 2.25. The third-order valence-electron chi connectivity index (χ3n) is 4.38. The highest BCUT2D eigenvalue weighted by molar-refractivity contribution is 5.94. The Morgan fingerprint density at radius 2 is 1.74 bits per heavy atom. The van der Waals surface area contributed by atoms with Crippen LogP contribution in [0.25, 0.3) is 0 Å². The predicted molar refractivity (Wildman–Crippen MR) is 75.6 cm³/mol. The third-order valence-corrected chi connectivity index (χ3v) is 4.38. The summed E-state index contributed by atoms with van der Waals surface area (Å²) in [4.78, 5) is 12.5. The molecular formula is C17H21NO. The van der Waals surface area contributed by atoms with Crippen LogP contribution in [-0.2, 0) is 17.6 Å². The monoisotopic (exact) mass is 255 g/mol. The van der Waals surface area contributed by atoms with Crippen molar-refractivity contribution in [3.8, 4) is 6.07 Å². The van der Waals surface area contributed by atoms with E-state index in [0.717, 1.165) is 18.4 Å². The van der Waals surface area contributed by atoms with E-state index in [0.29, 0.717) is 12.8 Å². The van der Waals surface area contributed by atoms with Crippen molar-refractivity contribution < 1.29 is 4.79 Å². The molecule has 19 heavy (non-hydrogen) atoms. The van der Waals surface area contributed by atoms with Crippen molar-refractivity contribution in [3.05, 3.63) is 35.4 Å². The van der Waals surface area contributed by atoms with Crippen LogP contribution in [0.4, 0.5) is 0 Å². The van der Waals surface area contributed by atoms with Crippen LogP contribution < -0.4 is 0 Å². The van der Waals surface area contributed by atoms with Gasteiger partial charge in [0.05, 0.1) is 6.07 Å². The molecule has 1 aromatic rings. The van der Waals surface area contributed by atoms with Crippen molar-refractivity contribution in [2.75, 3.05) is 0 Å². The van der Waals surface area contributed by atoms with Crippen molar-refractivity contribution in [1.82, 2.24) is 0 Å². The number of Topliss-reactive ketones (excluding diaryl/α,β-unsaturated/α-hetero) is 1. The maximum atomic E-state index is 12.5. The Morgan fingerprint density at radius 3 is 2.16 bits per heavy atom. The second-order valence-electron chi connectivity index (χ2n) is 6.25. The second kappa shape index (κ2) is 4.81. The highest BCUT2D eigenvalue weighted by atomic mass is 16.1. The normalized spacial score (nSPS) is 25.3. The van der Waals surface area contributed by atoms with Gasteiger partial charge in [0.2, 0.25) is 0 Å². The first-order chi connectivity index (χ1) is 8.93. The van der Waals surface area contributed by atoms with Crippen LogP contribution in [-0.4, -0.2) is 5.78 Å². The summed E-state index contributed by atoms with van der Waals surface area (Å²) in [5, 5.41) is 9.51. The van der Waals surface area contributed by atoms with Gasteiger partial charge >= 0.3 is 0 Å². The van der Waals surface area contributed by atoms with Crippen LogP contribution >= 0.6 is 0 Å². The summed E-state index contributed by atoms with van der Waals surface area (Å²) >= 11 is 0. The molecule has 2 heteroatoms. The molecule has 2 nitrogen and oxygen atoms in total. The van der Waals surface area contributed by atoms with E-state index in [2.05, 4.69) is 37.3 Å². The summed E-state index contributed by atoms with van der Waals surface area (Å²) in [5.41, 5.74) is 1.22. The highest BCUT2D eigenvalue weighted by Gasteiger charge is 2.52. The van der Waals surface area contributed by atoms with E-state index in [1.165, 1.54) is 5.56 Å². The van der Waals surface area contributed by atoms with Gasteiger partial charge in [0, 0.05) is 5.41 Å². The van der Waals surface area contributed by atoms with Crippen LogP contribution in [0.5, 0.6) is 0 Å². The molecule has 0 spiro atoms. The first-order valence-electron chi connectivity index (χ1n) is 6.97. The lowest BCUT2D eigenvalue weighted by Crippen LogP contribution is -2.33. The quantitative estimate of drug-likeness (QED) is 0.826. The number of carbonyl (C=O) groups excluding carboxylic acids is 1. The first kappa shape index (κ1) is 13.8. The fraction of sp³-hybridized carbons (Fsp3) is 0.529. The molecule has 1 aliphatic carbocycles. The number of benzene rings is 1. The number of rotatable bonds is 3. The zero-order chi connectivity index (χ0) is 14.1. The van der Waals surface area contributed by atoms with E-state index in [1.807, 2.05) is 13.8 Å². The second-order valence-corrected chi connectivity index (χ2v) is 6.25. The Bertz CT molecular complexity index is 521. The summed E-state index contributed by atoms with van der Waals surface area (Å²) in [6.07, 6.45) is 3.06. The minimum absolute atomic E-state index is 0.113. The molecule has 0 radical (unpaired) electrons. The van der Waals surface area contributed by atoms with Crippen molar-refractivity contribution in [2.24, 2.45) is 10.8 Å². The molecule has 1 unspecified atom stereocenters. The Hall–Kier alpha value is -1.62. The van der Waals surface area contributed by atoms with Crippen LogP contribution in [0.2, 0.25) is 0 Å². The number of aryl methyl sites for hydroxylation is 1. The lowest BCUT2D eigenvalue weighted by Gasteiger charge is -2.22. The molecule has 100 valence electrons. The van der Waals surface area contributed by atoms with Crippen molar-refractivity contribution in [3.63, 3.8) is 0 Å². The van der Waals surface area contributed by atoms with E-state index in [4.69, 9.17) is 0 Å². The van der Waals surface area contributed by atoms with Gasteiger partial charge in [-0.3, -0.25) is 4.79 Å². The number of ketones is 1. The zero-order valence-electron chi connectivity index (χ0n) is 12.0. The summed E-state index contributed by atoms with van der Waals surface area (Å²) in [6.45, 7) is 6.03. The molecule has 1 saturated carbocycles. The van der Waals surface area contributed by atoms with Crippen molar-refractivity contribution >= 4 is 5.78 Å². The summed E-state index contributed by atoms with van der Waals surface area (Å²) in [7, 11) is 0. The Morgan fingerprint density at radius 1 is 1.16 bits per heavy atom. The summed E-state index contributed by atoms with van der Waals surface area (Å²) < 4.78 is 0. The average Bonchev–Trinajstić information content (AvgIpc) is 2.64. The van der Waals surface area contributed by atoms with E-state index in [-0.39, 0.29) is 11.2 Å². The van der Waals surface area contributed by atoms with E-state index in [9.17, 15) is 10.1 Å². The largest absolute Gasteiger partial charge is 0.297 e. The van der Waals surface area contributed by atoms with Gasteiger partial charge in [-0.2, -0.15) is 5.26 Å². The van der Waals surface area contributed by atoms with Gasteiger partial charge < -0.3 is 0 Å². The van der Waals surface area contributed by atoms with Gasteiger partial charge in [0.25, 0.3) is 0 Å². The Labute approximate surface area is 115 Å². The number of hydrogen-bond acceptors (Lipinski definition) is 2. The minimum Gasteiger partial charge on any atom is -0.297 e. The van der Waals surface area contributed by atoms with Crippen LogP contribution in [0, 0.1) is 22.2 Å². The molecule has 0 bridgehead atoms.